The molecule has 24 heavy (non-hydrogen) atoms. The Kier molecular flexibility index (Phi) is 5.48. The first kappa shape index (κ1) is 16.9. The number of halogens is 1. The van der Waals surface area contributed by atoms with Crippen molar-refractivity contribution in [3.8, 4) is 0 Å². The summed E-state index contributed by atoms with van der Waals surface area (Å²) in [6, 6.07) is 6.54. The number of benzene rings is 1. The molecule has 4 nitrogen and oxygen atoms in total. The second kappa shape index (κ2) is 7.77. The maximum atomic E-state index is 13.6. The molecule has 0 aliphatic heterocycles. The number of amides is 2. The van der Waals surface area contributed by atoms with Gasteiger partial charge in [0.15, 0.2) is 0 Å². The van der Waals surface area contributed by atoms with Crippen LogP contribution in [-0.2, 0) is 9.59 Å². The largest absolute Gasteiger partial charge is 0.353 e. The fraction of sp³-hybridized carbons (Fsp3) is 0.579. The van der Waals surface area contributed by atoms with Crippen molar-refractivity contribution in [3.63, 3.8) is 0 Å². The van der Waals surface area contributed by atoms with Gasteiger partial charge in [0.1, 0.15) is 5.82 Å². The molecule has 2 saturated carbocycles. The third-order valence-electron chi connectivity index (χ3n) is 5.30. The summed E-state index contributed by atoms with van der Waals surface area (Å²) in [5, 5.41) is 5.82. The van der Waals surface area contributed by atoms with Crippen LogP contribution in [0.5, 0.6) is 0 Å². The number of carbonyl (C=O) groups excluding carboxylic acids is 2. The molecule has 0 aromatic heterocycles. The minimum atomic E-state index is -0.421. The van der Waals surface area contributed by atoms with Gasteiger partial charge in [0.25, 0.3) is 0 Å². The zero-order chi connectivity index (χ0) is 16.9. The third kappa shape index (κ3) is 4.13. The molecule has 3 rings (SSSR count). The molecule has 2 amide bonds. The van der Waals surface area contributed by atoms with Crippen LogP contribution in [0, 0.1) is 17.7 Å². The maximum absolute atomic E-state index is 13.6. The van der Waals surface area contributed by atoms with Gasteiger partial charge in [0, 0.05) is 17.9 Å². The SMILES string of the molecule is O=C(Nc1ccccc1F)C1CCC(C(=O)NC2CCCC2)CC1. The van der Waals surface area contributed by atoms with E-state index in [0.29, 0.717) is 18.9 Å². The van der Waals surface area contributed by atoms with Gasteiger partial charge in [0.2, 0.25) is 11.8 Å². The van der Waals surface area contributed by atoms with E-state index in [0.717, 1.165) is 25.7 Å². The van der Waals surface area contributed by atoms with Crippen LogP contribution in [0.2, 0.25) is 0 Å². The van der Waals surface area contributed by atoms with Gasteiger partial charge >= 0.3 is 0 Å². The van der Waals surface area contributed by atoms with Gasteiger partial charge in [-0.25, -0.2) is 4.39 Å². The van der Waals surface area contributed by atoms with E-state index in [4.69, 9.17) is 0 Å². The van der Waals surface area contributed by atoms with Crippen LogP contribution in [-0.4, -0.2) is 17.9 Å². The van der Waals surface area contributed by atoms with Gasteiger partial charge in [-0.3, -0.25) is 9.59 Å². The summed E-state index contributed by atoms with van der Waals surface area (Å²) >= 11 is 0. The maximum Gasteiger partial charge on any atom is 0.227 e. The molecule has 0 spiro atoms. The molecule has 0 saturated heterocycles. The number of anilines is 1. The van der Waals surface area contributed by atoms with E-state index in [1.807, 2.05) is 0 Å². The molecule has 0 atom stereocenters. The summed E-state index contributed by atoms with van der Waals surface area (Å²) < 4.78 is 13.6. The number of para-hydroxylation sites is 1. The lowest BCUT2D eigenvalue weighted by molar-refractivity contribution is -0.129. The predicted octanol–water partition coefficient (Wildman–Crippen LogP) is 3.63. The molecule has 2 aliphatic rings. The third-order valence-corrected chi connectivity index (χ3v) is 5.30. The van der Waals surface area contributed by atoms with Gasteiger partial charge in [-0.1, -0.05) is 25.0 Å². The van der Waals surface area contributed by atoms with Crippen LogP contribution < -0.4 is 10.6 Å². The van der Waals surface area contributed by atoms with Gasteiger partial charge in [0.05, 0.1) is 5.69 Å². The van der Waals surface area contributed by atoms with Crippen LogP contribution in [0.25, 0.3) is 0 Å². The Labute approximate surface area is 142 Å². The topological polar surface area (TPSA) is 58.2 Å². The number of hydrogen-bond donors (Lipinski definition) is 2. The molecule has 1 aromatic carbocycles. The van der Waals surface area contributed by atoms with Crippen molar-refractivity contribution in [1.82, 2.24) is 5.32 Å². The van der Waals surface area contributed by atoms with Crippen LogP contribution in [0.1, 0.15) is 51.4 Å². The van der Waals surface area contributed by atoms with Gasteiger partial charge in [-0.05, 0) is 50.7 Å². The second-order valence-electron chi connectivity index (χ2n) is 7.01. The van der Waals surface area contributed by atoms with Crippen LogP contribution in [0.3, 0.4) is 0 Å². The predicted molar refractivity (Wildman–Crippen MR) is 90.9 cm³/mol. The van der Waals surface area contributed by atoms with Gasteiger partial charge in [-0.15, -0.1) is 0 Å². The second-order valence-corrected chi connectivity index (χ2v) is 7.01. The van der Waals surface area contributed by atoms with Gasteiger partial charge < -0.3 is 10.6 Å². The molecular weight excluding hydrogens is 307 g/mol. The average Bonchev–Trinajstić information content (AvgIpc) is 3.10. The Morgan fingerprint density at radius 3 is 2.08 bits per heavy atom. The van der Waals surface area contributed by atoms with Crippen molar-refractivity contribution >= 4 is 17.5 Å². The minimum absolute atomic E-state index is 0.0168. The lowest BCUT2D eigenvalue weighted by Gasteiger charge is -2.28. The standard InChI is InChI=1S/C19H25FN2O2/c20-16-7-3-4-8-17(16)22-19(24)14-11-9-13(10-12-14)18(23)21-15-5-1-2-6-15/h3-4,7-8,13-15H,1-2,5-6,9-12H2,(H,21,23)(H,22,24). The first-order chi connectivity index (χ1) is 11.6. The number of nitrogens with one attached hydrogen (secondary N) is 2. The lowest BCUT2D eigenvalue weighted by Crippen LogP contribution is -2.39. The molecule has 5 heteroatoms. The smallest absolute Gasteiger partial charge is 0.227 e. The van der Waals surface area contributed by atoms with Crippen molar-refractivity contribution in [2.75, 3.05) is 5.32 Å². The van der Waals surface area contributed by atoms with Gasteiger partial charge in [-0.2, -0.15) is 0 Å². The first-order valence-electron chi connectivity index (χ1n) is 8.99. The molecule has 0 heterocycles. The molecule has 2 N–H and O–H groups in total. The Morgan fingerprint density at radius 1 is 0.875 bits per heavy atom. The summed E-state index contributed by atoms with van der Waals surface area (Å²) in [6.07, 6.45) is 7.41. The van der Waals surface area contributed by atoms with E-state index >= 15 is 0 Å². The van der Waals surface area contributed by atoms with Crippen molar-refractivity contribution in [1.29, 1.82) is 0 Å². The van der Waals surface area contributed by atoms with E-state index in [1.54, 1.807) is 18.2 Å². The zero-order valence-electron chi connectivity index (χ0n) is 13.9. The number of hydrogen-bond acceptors (Lipinski definition) is 2. The zero-order valence-corrected chi connectivity index (χ0v) is 13.9. The fourth-order valence-corrected chi connectivity index (χ4v) is 3.80. The quantitative estimate of drug-likeness (QED) is 0.884. The first-order valence-corrected chi connectivity index (χ1v) is 8.99. The van der Waals surface area contributed by atoms with Crippen LogP contribution >= 0.6 is 0 Å². The average molecular weight is 332 g/mol. The molecule has 1 aromatic rings. The van der Waals surface area contributed by atoms with E-state index in [1.165, 1.54) is 18.9 Å². The summed E-state index contributed by atoms with van der Waals surface area (Å²) in [5.41, 5.74) is 0.226. The minimum Gasteiger partial charge on any atom is -0.353 e. The lowest BCUT2D eigenvalue weighted by atomic mass is 9.81. The molecular formula is C19H25FN2O2. The van der Waals surface area contributed by atoms with E-state index in [9.17, 15) is 14.0 Å². The van der Waals surface area contributed by atoms with E-state index in [2.05, 4.69) is 10.6 Å². The molecule has 2 fully saturated rings. The van der Waals surface area contributed by atoms with Crippen molar-refractivity contribution in [3.05, 3.63) is 30.1 Å². The highest BCUT2D eigenvalue weighted by atomic mass is 19.1. The molecule has 130 valence electrons. The Bertz CT molecular complexity index is 591. The van der Waals surface area contributed by atoms with E-state index < -0.39 is 5.82 Å². The Morgan fingerprint density at radius 2 is 1.46 bits per heavy atom. The summed E-state index contributed by atoms with van der Waals surface area (Å²) in [7, 11) is 0. The highest BCUT2D eigenvalue weighted by Gasteiger charge is 2.31. The van der Waals surface area contributed by atoms with Crippen LogP contribution in [0.4, 0.5) is 10.1 Å². The van der Waals surface area contributed by atoms with Crippen molar-refractivity contribution in [2.45, 2.75) is 57.4 Å². The summed E-state index contributed by atoms with van der Waals surface area (Å²) in [5.74, 6) is -0.539. The molecule has 0 bridgehead atoms. The summed E-state index contributed by atoms with van der Waals surface area (Å²) in [4.78, 5) is 24.6. The highest BCUT2D eigenvalue weighted by Crippen LogP contribution is 2.30. The van der Waals surface area contributed by atoms with E-state index in [-0.39, 0.29) is 29.3 Å². The highest BCUT2D eigenvalue weighted by molar-refractivity contribution is 5.92. The Balaban J connectivity index is 1.46. The van der Waals surface area contributed by atoms with Crippen molar-refractivity contribution in [2.24, 2.45) is 11.8 Å². The monoisotopic (exact) mass is 332 g/mol. The molecule has 0 unspecified atom stereocenters. The number of rotatable bonds is 4. The normalized spacial score (nSPS) is 24.5. The Hall–Kier alpha value is -1.91. The molecule has 0 radical (unpaired) electrons. The number of carbonyl (C=O) groups is 2. The fourth-order valence-electron chi connectivity index (χ4n) is 3.80. The molecule has 2 aliphatic carbocycles. The van der Waals surface area contributed by atoms with Crippen LogP contribution in [0.15, 0.2) is 24.3 Å². The summed E-state index contributed by atoms with van der Waals surface area (Å²) in [6.45, 7) is 0. The van der Waals surface area contributed by atoms with Crippen molar-refractivity contribution < 1.29 is 14.0 Å².